The molecule has 3 fully saturated rings. The van der Waals surface area contributed by atoms with Gasteiger partial charge in [-0.25, -0.2) is 18.7 Å². The fourth-order valence-electron chi connectivity index (χ4n) is 6.71. The first-order valence-corrected chi connectivity index (χ1v) is 16.5. The van der Waals surface area contributed by atoms with Gasteiger partial charge in [0.2, 0.25) is 11.9 Å². The first kappa shape index (κ1) is 35.6. The molecular weight excluding hydrogens is 640 g/mol. The van der Waals surface area contributed by atoms with Gasteiger partial charge in [-0.15, -0.1) is 0 Å². The smallest absolute Gasteiger partial charge is 0.227 e. The van der Waals surface area contributed by atoms with Gasteiger partial charge in [0.15, 0.2) is 0 Å². The highest BCUT2D eigenvalue weighted by Gasteiger charge is 2.54. The SMILES string of the molecule is O=C(Cc1c(F)cc(OCCCC2CC23CCN(c2ncc(Cl)cn2)CC3)cc1F)N1CC(CNC[C@H](O)[C@@H](O)[C@H](O)[C@H](O)CO)C1. The molecule has 1 saturated carbocycles. The van der Waals surface area contributed by atoms with E-state index in [1.807, 2.05) is 0 Å². The number of amides is 1. The van der Waals surface area contributed by atoms with Crippen LogP contribution >= 0.6 is 11.6 Å². The van der Waals surface area contributed by atoms with Crippen molar-refractivity contribution in [2.45, 2.75) is 62.9 Å². The van der Waals surface area contributed by atoms with Crippen LogP contribution in [0.1, 0.15) is 37.7 Å². The van der Waals surface area contributed by atoms with Crippen LogP contribution in [-0.2, 0) is 11.2 Å². The second kappa shape index (κ2) is 15.7. The standard InChI is InChI=1S/C32H44ClF2N5O7/c33-21-13-37-31(38-14-21)39-5-3-32(4-6-39)11-20(32)2-1-7-47-22-8-24(34)23(25(35)9-22)10-28(44)40-16-19(17-40)12-36-15-26(42)29(45)30(46)27(43)18-41/h8-9,13-14,19-20,26-27,29-30,36,41-43,45-46H,1-7,10-12,15-18H2/t20?,26-,27+,29+,30+/m0/s1. The number of benzene rings is 1. The number of aliphatic hydroxyl groups excluding tert-OH is 5. The predicted molar refractivity (Wildman–Crippen MR) is 168 cm³/mol. The third-order valence-electron chi connectivity index (χ3n) is 9.84. The number of anilines is 1. The largest absolute Gasteiger partial charge is 0.493 e. The number of nitrogens with one attached hydrogen (secondary N) is 1. The monoisotopic (exact) mass is 683 g/mol. The highest BCUT2D eigenvalue weighted by atomic mass is 35.5. The third kappa shape index (κ3) is 8.85. The van der Waals surface area contributed by atoms with Gasteiger partial charge in [-0.2, -0.15) is 0 Å². The molecule has 2 aliphatic heterocycles. The van der Waals surface area contributed by atoms with Crippen molar-refractivity contribution in [2.75, 3.05) is 57.4 Å². The van der Waals surface area contributed by atoms with Crippen LogP contribution < -0.4 is 15.0 Å². The van der Waals surface area contributed by atoms with Gasteiger partial charge in [0.05, 0.1) is 43.2 Å². The number of likely N-dealkylation sites (tertiary alicyclic amines) is 1. The van der Waals surface area contributed by atoms with E-state index in [4.69, 9.17) is 21.4 Å². The van der Waals surface area contributed by atoms with Crippen molar-refractivity contribution in [1.82, 2.24) is 20.2 Å². The topological polar surface area (TPSA) is 172 Å². The molecule has 1 aromatic heterocycles. The molecule has 2 aromatic rings. The van der Waals surface area contributed by atoms with Crippen molar-refractivity contribution in [3.8, 4) is 5.75 Å². The molecule has 0 radical (unpaired) electrons. The number of carbonyl (C=O) groups excluding carboxylic acids is 1. The Hall–Kier alpha value is -2.72. The molecule has 2 saturated heterocycles. The number of aliphatic hydroxyl groups is 5. The summed E-state index contributed by atoms with van der Waals surface area (Å²) < 4.78 is 35.3. The van der Waals surface area contributed by atoms with Gasteiger partial charge in [-0.1, -0.05) is 11.6 Å². The number of nitrogens with zero attached hydrogens (tertiary/aromatic N) is 4. The average molecular weight is 684 g/mol. The van der Waals surface area contributed by atoms with Gasteiger partial charge in [0.25, 0.3) is 0 Å². The molecule has 1 spiro atoms. The lowest BCUT2D eigenvalue weighted by atomic mass is 9.90. The molecule has 3 aliphatic rings. The Morgan fingerprint density at radius 3 is 2.34 bits per heavy atom. The predicted octanol–water partition coefficient (Wildman–Crippen LogP) is 0.900. The number of carbonyl (C=O) groups is 1. The van der Waals surface area contributed by atoms with Crippen molar-refractivity contribution < 1.29 is 43.8 Å². The van der Waals surface area contributed by atoms with Crippen molar-refractivity contribution in [3.63, 3.8) is 0 Å². The maximum Gasteiger partial charge on any atom is 0.227 e. The van der Waals surface area contributed by atoms with Gasteiger partial charge in [-0.05, 0) is 43.4 Å². The second-order valence-electron chi connectivity index (χ2n) is 13.1. The molecule has 0 bridgehead atoms. The van der Waals surface area contributed by atoms with Gasteiger partial charge < -0.3 is 45.4 Å². The highest BCUT2D eigenvalue weighted by Crippen LogP contribution is 2.61. The summed E-state index contributed by atoms with van der Waals surface area (Å²) in [4.78, 5) is 25.0. The van der Waals surface area contributed by atoms with Crippen LogP contribution in [0.25, 0.3) is 0 Å². The molecule has 1 unspecified atom stereocenters. The van der Waals surface area contributed by atoms with Gasteiger partial charge in [0, 0.05) is 62.9 Å². The molecule has 1 aromatic carbocycles. The first-order valence-electron chi connectivity index (χ1n) is 16.1. The molecule has 47 heavy (non-hydrogen) atoms. The van der Waals surface area contributed by atoms with E-state index in [0.29, 0.717) is 48.5 Å². The molecule has 1 aliphatic carbocycles. The van der Waals surface area contributed by atoms with Crippen LogP contribution in [0.3, 0.4) is 0 Å². The molecule has 15 heteroatoms. The number of aromatic nitrogens is 2. The van der Waals surface area contributed by atoms with Crippen molar-refractivity contribution in [1.29, 1.82) is 0 Å². The third-order valence-corrected chi connectivity index (χ3v) is 10.0. The van der Waals surface area contributed by atoms with Gasteiger partial charge in [-0.3, -0.25) is 4.79 Å². The van der Waals surface area contributed by atoms with E-state index in [-0.39, 0.29) is 23.8 Å². The zero-order valence-corrected chi connectivity index (χ0v) is 26.9. The number of hydrogen-bond donors (Lipinski definition) is 6. The van der Waals surface area contributed by atoms with Crippen LogP contribution in [-0.4, -0.2) is 123 Å². The maximum atomic E-state index is 14.8. The highest BCUT2D eigenvalue weighted by molar-refractivity contribution is 6.30. The number of ether oxygens (including phenoxy) is 1. The van der Waals surface area contributed by atoms with Gasteiger partial charge in [0.1, 0.15) is 35.7 Å². The lowest BCUT2D eigenvalue weighted by Crippen LogP contribution is -2.55. The lowest BCUT2D eigenvalue weighted by molar-refractivity contribution is -0.136. The minimum atomic E-state index is -1.71. The van der Waals surface area contributed by atoms with Crippen LogP contribution in [0.5, 0.6) is 5.75 Å². The van der Waals surface area contributed by atoms with Crippen LogP contribution in [0.2, 0.25) is 5.02 Å². The number of halogens is 3. The molecule has 5 atom stereocenters. The summed E-state index contributed by atoms with van der Waals surface area (Å²) in [5, 5.41) is 51.2. The summed E-state index contributed by atoms with van der Waals surface area (Å²) in [6.07, 6.45) is 1.57. The summed E-state index contributed by atoms with van der Waals surface area (Å²) in [6.45, 7) is 2.41. The van der Waals surface area contributed by atoms with E-state index >= 15 is 0 Å². The Labute approximate surface area is 277 Å². The van der Waals surface area contributed by atoms with E-state index in [9.17, 15) is 34.0 Å². The van der Waals surface area contributed by atoms with Crippen molar-refractivity contribution in [2.24, 2.45) is 17.3 Å². The molecule has 1 amide bonds. The quantitative estimate of drug-likeness (QED) is 0.139. The Kier molecular flexibility index (Phi) is 11.9. The fourth-order valence-corrected chi connectivity index (χ4v) is 6.81. The summed E-state index contributed by atoms with van der Waals surface area (Å²) in [5.41, 5.74) is 0.0466. The van der Waals surface area contributed by atoms with E-state index in [2.05, 4.69) is 20.2 Å². The zero-order chi connectivity index (χ0) is 33.7. The van der Waals surface area contributed by atoms with E-state index in [1.54, 1.807) is 12.4 Å². The number of hydrogen-bond acceptors (Lipinski definition) is 11. The minimum Gasteiger partial charge on any atom is -0.493 e. The van der Waals surface area contributed by atoms with E-state index in [0.717, 1.165) is 50.9 Å². The molecule has 260 valence electrons. The van der Waals surface area contributed by atoms with Crippen LogP contribution in [0.15, 0.2) is 24.5 Å². The van der Waals surface area contributed by atoms with Crippen molar-refractivity contribution >= 4 is 23.5 Å². The Bertz CT molecular complexity index is 1320. The number of rotatable bonds is 16. The normalized spacial score (nSPS) is 21.7. The summed E-state index contributed by atoms with van der Waals surface area (Å²) in [5.74, 6) is -0.616. The van der Waals surface area contributed by atoms with Crippen LogP contribution in [0, 0.1) is 28.9 Å². The van der Waals surface area contributed by atoms with Crippen molar-refractivity contribution in [3.05, 3.63) is 46.7 Å². The lowest BCUT2D eigenvalue weighted by Gasteiger charge is -2.39. The van der Waals surface area contributed by atoms with Gasteiger partial charge >= 0.3 is 0 Å². The Balaban J connectivity index is 0.967. The molecule has 6 N–H and O–H groups in total. The first-order chi connectivity index (χ1) is 22.5. The van der Waals surface area contributed by atoms with E-state index < -0.39 is 55.0 Å². The average Bonchev–Trinajstić information content (AvgIpc) is 3.72. The second-order valence-corrected chi connectivity index (χ2v) is 13.5. The Morgan fingerprint density at radius 2 is 1.70 bits per heavy atom. The molecule has 3 heterocycles. The zero-order valence-electron chi connectivity index (χ0n) is 26.1. The number of piperidine rings is 1. The summed E-state index contributed by atoms with van der Waals surface area (Å²) in [6, 6.07) is 2.25. The Morgan fingerprint density at radius 1 is 1.06 bits per heavy atom. The van der Waals surface area contributed by atoms with Crippen LogP contribution in [0.4, 0.5) is 14.7 Å². The molecule has 5 rings (SSSR count). The maximum absolute atomic E-state index is 14.8. The summed E-state index contributed by atoms with van der Waals surface area (Å²) >= 11 is 5.89. The molecular formula is C32H44ClF2N5O7. The summed E-state index contributed by atoms with van der Waals surface area (Å²) in [7, 11) is 0. The minimum absolute atomic E-state index is 0.0315. The fraction of sp³-hybridized carbons (Fsp3) is 0.656. The van der Waals surface area contributed by atoms with E-state index in [1.165, 1.54) is 11.3 Å². The molecule has 12 nitrogen and oxygen atoms in total.